The summed E-state index contributed by atoms with van der Waals surface area (Å²) in [5.74, 6) is 0.103. The molecule has 0 aliphatic heterocycles. The number of hydrogen-bond donors (Lipinski definition) is 0. The van der Waals surface area contributed by atoms with Gasteiger partial charge in [0, 0.05) is 14.1 Å². The molecule has 0 aliphatic rings. The van der Waals surface area contributed by atoms with E-state index in [4.69, 9.17) is 4.84 Å². The minimum atomic E-state index is -0.263. The molecule has 18 heavy (non-hydrogen) atoms. The molecule has 0 atom stereocenters. The predicted octanol–water partition coefficient (Wildman–Crippen LogP) is 2.23. The molecular weight excluding hydrogens is 230 g/mol. The zero-order valence-electron chi connectivity index (χ0n) is 11.5. The van der Waals surface area contributed by atoms with Crippen LogP contribution in [0, 0.1) is 0 Å². The molecule has 0 saturated carbocycles. The predicted molar refractivity (Wildman–Crippen MR) is 71.2 cm³/mol. The van der Waals surface area contributed by atoms with E-state index in [-0.39, 0.29) is 5.91 Å². The number of amides is 1. The van der Waals surface area contributed by atoms with Crippen LogP contribution >= 0.6 is 0 Å². The summed E-state index contributed by atoms with van der Waals surface area (Å²) in [6.07, 6.45) is 0. The van der Waals surface area contributed by atoms with Crippen molar-refractivity contribution in [3.63, 3.8) is 0 Å². The molecule has 1 aromatic carbocycles. The Hall–Kier alpha value is -1.88. The second-order valence-electron chi connectivity index (χ2n) is 3.47. The van der Waals surface area contributed by atoms with Gasteiger partial charge in [-0.25, -0.2) is 10.0 Å². The second kappa shape index (κ2) is 6.16. The average molecular weight is 249 g/mol. The van der Waals surface area contributed by atoms with Crippen LogP contribution in [0.15, 0.2) is 24.3 Å². The van der Waals surface area contributed by atoms with Crippen molar-refractivity contribution in [2.45, 2.75) is 13.8 Å². The van der Waals surface area contributed by atoms with Gasteiger partial charge in [-0.15, -0.1) is 0 Å². The highest BCUT2D eigenvalue weighted by atomic mass is 16.7. The average Bonchev–Trinajstić information content (AvgIpc) is 2.77. The molecule has 98 valence electrons. The van der Waals surface area contributed by atoms with E-state index < -0.39 is 0 Å². The van der Waals surface area contributed by atoms with E-state index in [1.807, 2.05) is 45.2 Å². The Labute approximate surface area is 107 Å². The summed E-state index contributed by atoms with van der Waals surface area (Å²) in [5.41, 5.74) is 1.73. The highest BCUT2D eigenvalue weighted by molar-refractivity contribution is 5.94. The fourth-order valence-corrected chi connectivity index (χ4v) is 1.56. The van der Waals surface area contributed by atoms with Crippen molar-refractivity contribution in [2.24, 2.45) is 7.05 Å². The topological polar surface area (TPSA) is 47.4 Å². The van der Waals surface area contributed by atoms with Gasteiger partial charge in [0.25, 0.3) is 0 Å². The smallest absolute Gasteiger partial charge is 0.313 e. The molecule has 0 N–H and O–H groups in total. The molecule has 0 unspecified atom stereocenters. The first-order valence-corrected chi connectivity index (χ1v) is 5.88. The standard InChI is InChI=1S/C11H13N3O2.C2H6/c1-13-9-7-5-4-6-8(9)12-10(13)11(15)14(2)16-3;1-2/h4-7H,1-3H3;1-2H3. The van der Waals surface area contributed by atoms with Crippen LogP contribution in [0.1, 0.15) is 24.5 Å². The molecule has 1 aromatic heterocycles. The van der Waals surface area contributed by atoms with E-state index in [1.165, 1.54) is 7.11 Å². The molecule has 2 rings (SSSR count). The van der Waals surface area contributed by atoms with E-state index >= 15 is 0 Å². The lowest BCUT2D eigenvalue weighted by molar-refractivity contribution is -0.0765. The third-order valence-corrected chi connectivity index (χ3v) is 2.54. The summed E-state index contributed by atoms with van der Waals surface area (Å²) in [4.78, 5) is 21.0. The number of para-hydroxylation sites is 2. The molecule has 1 heterocycles. The van der Waals surface area contributed by atoms with Crippen molar-refractivity contribution >= 4 is 16.9 Å². The summed E-state index contributed by atoms with van der Waals surface area (Å²) in [7, 11) is 4.81. The molecule has 1 amide bonds. The number of rotatable bonds is 2. The van der Waals surface area contributed by atoms with Crippen LogP contribution in [0.3, 0.4) is 0 Å². The van der Waals surface area contributed by atoms with E-state index in [0.29, 0.717) is 5.82 Å². The fourth-order valence-electron chi connectivity index (χ4n) is 1.56. The van der Waals surface area contributed by atoms with Gasteiger partial charge in [0.15, 0.2) is 0 Å². The summed E-state index contributed by atoms with van der Waals surface area (Å²) < 4.78 is 1.76. The van der Waals surface area contributed by atoms with Gasteiger partial charge in [-0.3, -0.25) is 9.63 Å². The quantitative estimate of drug-likeness (QED) is 0.767. The number of aromatic nitrogens is 2. The summed E-state index contributed by atoms with van der Waals surface area (Å²) in [6, 6.07) is 7.60. The molecule has 0 spiro atoms. The van der Waals surface area contributed by atoms with Gasteiger partial charge in [-0.2, -0.15) is 0 Å². The minimum Gasteiger partial charge on any atom is -0.323 e. The Morgan fingerprint density at radius 3 is 2.50 bits per heavy atom. The van der Waals surface area contributed by atoms with E-state index in [2.05, 4.69) is 4.98 Å². The fraction of sp³-hybridized carbons (Fsp3) is 0.385. The van der Waals surface area contributed by atoms with Crippen molar-refractivity contribution in [3.8, 4) is 0 Å². The number of hydroxylamine groups is 2. The molecule has 2 aromatic rings. The number of benzene rings is 1. The van der Waals surface area contributed by atoms with Gasteiger partial charge in [-0.05, 0) is 12.1 Å². The van der Waals surface area contributed by atoms with Gasteiger partial charge in [0.05, 0.1) is 18.1 Å². The molecule has 5 heteroatoms. The molecule has 5 nitrogen and oxygen atoms in total. The maximum Gasteiger partial charge on any atom is 0.313 e. The molecule has 0 fully saturated rings. The molecule has 0 bridgehead atoms. The summed E-state index contributed by atoms with van der Waals surface area (Å²) in [6.45, 7) is 4.00. The maximum absolute atomic E-state index is 11.9. The number of carbonyl (C=O) groups is 1. The zero-order valence-corrected chi connectivity index (χ0v) is 11.5. The van der Waals surface area contributed by atoms with Crippen molar-refractivity contribution in [3.05, 3.63) is 30.1 Å². The first-order chi connectivity index (χ1) is 8.65. The van der Waals surface area contributed by atoms with Gasteiger partial charge in [0.2, 0.25) is 5.82 Å². The Kier molecular flexibility index (Phi) is 4.85. The molecular formula is C13H19N3O2. The number of nitrogens with zero attached hydrogens (tertiary/aromatic N) is 3. The summed E-state index contributed by atoms with van der Waals surface area (Å²) in [5, 5.41) is 1.15. The Morgan fingerprint density at radius 1 is 1.33 bits per heavy atom. The third kappa shape index (κ3) is 2.51. The highest BCUT2D eigenvalue weighted by Gasteiger charge is 2.18. The van der Waals surface area contributed by atoms with Crippen LogP contribution in [0.4, 0.5) is 0 Å². The van der Waals surface area contributed by atoms with E-state index in [1.54, 1.807) is 11.6 Å². The van der Waals surface area contributed by atoms with Crippen LogP contribution in [-0.2, 0) is 11.9 Å². The van der Waals surface area contributed by atoms with Gasteiger partial charge >= 0.3 is 5.91 Å². The van der Waals surface area contributed by atoms with Crippen molar-refractivity contribution in [1.82, 2.24) is 14.6 Å². The van der Waals surface area contributed by atoms with Crippen LogP contribution in [-0.4, -0.2) is 34.7 Å². The lowest BCUT2D eigenvalue weighted by Gasteiger charge is -2.12. The first-order valence-electron chi connectivity index (χ1n) is 5.88. The minimum absolute atomic E-state index is 0.263. The second-order valence-corrected chi connectivity index (χ2v) is 3.47. The lowest BCUT2D eigenvalue weighted by Crippen LogP contribution is -2.27. The monoisotopic (exact) mass is 249 g/mol. The number of aryl methyl sites for hydroxylation is 1. The van der Waals surface area contributed by atoms with E-state index in [0.717, 1.165) is 16.1 Å². The van der Waals surface area contributed by atoms with Crippen molar-refractivity contribution in [1.29, 1.82) is 0 Å². The van der Waals surface area contributed by atoms with Crippen LogP contribution in [0.2, 0.25) is 0 Å². The van der Waals surface area contributed by atoms with Crippen molar-refractivity contribution < 1.29 is 9.63 Å². The van der Waals surface area contributed by atoms with Gasteiger partial charge in [0.1, 0.15) is 0 Å². The Bertz CT molecular complexity index is 534. The van der Waals surface area contributed by atoms with Crippen LogP contribution in [0.5, 0.6) is 0 Å². The third-order valence-electron chi connectivity index (χ3n) is 2.54. The van der Waals surface area contributed by atoms with Crippen molar-refractivity contribution in [2.75, 3.05) is 14.2 Å². The van der Waals surface area contributed by atoms with Crippen LogP contribution < -0.4 is 0 Å². The molecule has 0 aliphatic carbocycles. The SMILES string of the molecule is CC.CON(C)C(=O)c1nc2ccccc2n1C. The largest absolute Gasteiger partial charge is 0.323 e. The zero-order chi connectivity index (χ0) is 13.7. The molecule has 0 saturated heterocycles. The van der Waals surface area contributed by atoms with Gasteiger partial charge < -0.3 is 4.57 Å². The number of hydrogen-bond acceptors (Lipinski definition) is 3. The normalized spacial score (nSPS) is 9.83. The first kappa shape index (κ1) is 14.2. The summed E-state index contributed by atoms with van der Waals surface area (Å²) >= 11 is 0. The highest BCUT2D eigenvalue weighted by Crippen LogP contribution is 2.15. The maximum atomic E-state index is 11.9. The van der Waals surface area contributed by atoms with Crippen LogP contribution in [0.25, 0.3) is 11.0 Å². The number of imidazole rings is 1. The Balaban J connectivity index is 0.000000771. The molecule has 0 radical (unpaired) electrons. The van der Waals surface area contributed by atoms with Gasteiger partial charge in [-0.1, -0.05) is 26.0 Å². The number of carbonyl (C=O) groups excluding carboxylic acids is 1. The Morgan fingerprint density at radius 2 is 1.94 bits per heavy atom. The van der Waals surface area contributed by atoms with E-state index in [9.17, 15) is 4.79 Å². The number of fused-ring (bicyclic) bond motifs is 1. The lowest BCUT2D eigenvalue weighted by atomic mass is 10.3.